The average molecular weight is 586 g/mol. The first kappa shape index (κ1) is 33.0. The second kappa shape index (κ2) is 15.0. The molecule has 0 aliphatic carbocycles. The molecule has 0 spiro atoms. The van der Waals surface area contributed by atoms with E-state index in [-0.39, 0.29) is 37.0 Å². The fourth-order valence-corrected chi connectivity index (χ4v) is 3.95. The molecule has 0 aromatic heterocycles. The Labute approximate surface area is 233 Å². The van der Waals surface area contributed by atoms with Crippen molar-refractivity contribution >= 4 is 23.8 Å². The summed E-state index contributed by atoms with van der Waals surface area (Å²) >= 11 is 0. The Morgan fingerprint density at radius 3 is 2.27 bits per heavy atom. The van der Waals surface area contributed by atoms with Crippen LogP contribution in [0.25, 0.3) is 0 Å². The minimum Gasteiger partial charge on any atom is -0.479 e. The summed E-state index contributed by atoms with van der Waals surface area (Å²) in [6.45, 7) is 2.19. The monoisotopic (exact) mass is 585 g/mol. The number of aliphatic carboxylic acids is 2. The highest BCUT2D eigenvalue weighted by Gasteiger charge is 2.38. The number of hydrogen-bond donors (Lipinski definition) is 4. The number of amides is 2. The van der Waals surface area contributed by atoms with Crippen LogP contribution in [0.15, 0.2) is 48.5 Å². The first-order valence-electron chi connectivity index (χ1n) is 12.5. The fraction of sp³-hybridized carbons (Fsp3) is 0.407. The van der Waals surface area contributed by atoms with Crippen molar-refractivity contribution in [3.8, 4) is 5.75 Å². The second-order valence-corrected chi connectivity index (χ2v) is 9.27. The number of nitrogens with one attached hydrogen (secondary N) is 1. The number of ether oxygens (including phenoxy) is 1. The number of alkyl halides is 3. The molecule has 1 heterocycles. The van der Waals surface area contributed by atoms with Crippen molar-refractivity contribution in [2.45, 2.75) is 63.5 Å². The number of benzene rings is 2. The van der Waals surface area contributed by atoms with E-state index in [1.54, 1.807) is 47.4 Å². The van der Waals surface area contributed by atoms with Crippen molar-refractivity contribution in [1.29, 1.82) is 0 Å². The van der Waals surface area contributed by atoms with E-state index in [9.17, 15) is 31.9 Å². The summed E-state index contributed by atoms with van der Waals surface area (Å²) < 4.78 is 50.9. The number of rotatable bonds is 10. The van der Waals surface area contributed by atoms with E-state index in [4.69, 9.17) is 25.5 Å². The van der Waals surface area contributed by atoms with Gasteiger partial charge >= 0.3 is 18.1 Å². The molecule has 1 aliphatic rings. The van der Waals surface area contributed by atoms with Crippen LogP contribution < -0.4 is 15.8 Å². The second-order valence-electron chi connectivity index (χ2n) is 9.27. The maximum Gasteiger partial charge on any atom is 0.490 e. The Morgan fingerprint density at radius 2 is 1.71 bits per heavy atom. The lowest BCUT2D eigenvalue weighted by atomic mass is 10.0. The van der Waals surface area contributed by atoms with Gasteiger partial charge in [0.15, 0.2) is 6.10 Å². The van der Waals surface area contributed by atoms with Crippen molar-refractivity contribution in [1.82, 2.24) is 10.2 Å². The summed E-state index contributed by atoms with van der Waals surface area (Å²) in [4.78, 5) is 46.9. The third-order valence-corrected chi connectivity index (χ3v) is 6.05. The Hall–Kier alpha value is -4.20. The number of nitrogens with zero attached hydrogens (tertiary/aromatic N) is 1. The Balaban J connectivity index is 0.000000745. The molecular formula is C27H31F4N3O7. The van der Waals surface area contributed by atoms with Gasteiger partial charge in [-0.1, -0.05) is 30.3 Å². The highest BCUT2D eigenvalue weighted by Crippen LogP contribution is 2.20. The average Bonchev–Trinajstić information content (AvgIpc) is 3.39. The molecule has 5 N–H and O–H groups in total. The summed E-state index contributed by atoms with van der Waals surface area (Å²) in [6, 6.07) is 12.0. The number of carbonyl (C=O) groups is 4. The van der Waals surface area contributed by atoms with Crippen LogP contribution in [0, 0.1) is 5.82 Å². The fourth-order valence-electron chi connectivity index (χ4n) is 3.95. The smallest absolute Gasteiger partial charge is 0.479 e. The quantitative estimate of drug-likeness (QED) is 0.310. The van der Waals surface area contributed by atoms with Gasteiger partial charge in [0.05, 0.1) is 0 Å². The molecular weight excluding hydrogens is 554 g/mol. The minimum atomic E-state index is -5.08. The van der Waals surface area contributed by atoms with Gasteiger partial charge < -0.3 is 30.9 Å². The van der Waals surface area contributed by atoms with E-state index in [1.807, 2.05) is 0 Å². The van der Waals surface area contributed by atoms with E-state index >= 15 is 0 Å². The van der Waals surface area contributed by atoms with Crippen LogP contribution in [0.2, 0.25) is 0 Å². The van der Waals surface area contributed by atoms with E-state index in [0.717, 1.165) is 12.0 Å². The zero-order chi connectivity index (χ0) is 30.7. The zero-order valence-corrected chi connectivity index (χ0v) is 22.1. The highest BCUT2D eigenvalue weighted by molar-refractivity contribution is 5.88. The van der Waals surface area contributed by atoms with Crippen molar-refractivity contribution in [3.63, 3.8) is 0 Å². The summed E-state index contributed by atoms with van der Waals surface area (Å²) in [7, 11) is 0. The lowest BCUT2D eigenvalue weighted by Crippen LogP contribution is -2.47. The minimum absolute atomic E-state index is 0.0361. The molecule has 2 aromatic rings. The predicted octanol–water partition coefficient (Wildman–Crippen LogP) is 2.88. The van der Waals surface area contributed by atoms with Crippen LogP contribution in [-0.2, 0) is 32.1 Å². The van der Waals surface area contributed by atoms with Gasteiger partial charge in [-0.15, -0.1) is 0 Å². The predicted molar refractivity (Wildman–Crippen MR) is 137 cm³/mol. The third kappa shape index (κ3) is 10.7. The molecule has 14 heteroatoms. The van der Waals surface area contributed by atoms with Crippen molar-refractivity contribution in [3.05, 3.63) is 65.5 Å². The van der Waals surface area contributed by atoms with Crippen LogP contribution in [0.3, 0.4) is 0 Å². The number of halogens is 4. The van der Waals surface area contributed by atoms with Gasteiger partial charge in [0, 0.05) is 25.6 Å². The lowest BCUT2D eigenvalue weighted by Gasteiger charge is -2.25. The highest BCUT2D eigenvalue weighted by atomic mass is 19.4. The number of carbonyl (C=O) groups excluding carboxylic acids is 2. The Morgan fingerprint density at radius 1 is 1.10 bits per heavy atom. The van der Waals surface area contributed by atoms with Crippen molar-refractivity contribution < 1.29 is 51.7 Å². The molecule has 1 unspecified atom stereocenters. The molecule has 1 saturated heterocycles. The van der Waals surface area contributed by atoms with Crippen LogP contribution in [0.1, 0.15) is 37.3 Å². The first-order chi connectivity index (χ1) is 19.2. The normalized spacial score (nSPS) is 16.1. The summed E-state index contributed by atoms with van der Waals surface area (Å²) in [5.41, 5.74) is 7.38. The number of carboxylic acid groups (broad SMARTS) is 2. The molecule has 3 atom stereocenters. The summed E-state index contributed by atoms with van der Waals surface area (Å²) in [5, 5.41) is 18.9. The van der Waals surface area contributed by atoms with Gasteiger partial charge in [0.25, 0.3) is 0 Å². The SMILES string of the molecule is C[C@@H](Oc1ccc(CNC(=O)[C@@H]2CCCN2C(=O)CC(N)Cc2ccccc2F)cc1)C(=O)O.O=C(O)C(F)(F)F. The van der Waals surface area contributed by atoms with Crippen LogP contribution in [-0.4, -0.2) is 69.8 Å². The number of carboxylic acids is 2. The number of hydrogen-bond acceptors (Lipinski definition) is 6. The molecule has 1 fully saturated rings. The van der Waals surface area contributed by atoms with Gasteiger partial charge in [-0.05, 0) is 55.5 Å². The van der Waals surface area contributed by atoms with E-state index in [0.29, 0.717) is 24.3 Å². The van der Waals surface area contributed by atoms with E-state index in [2.05, 4.69) is 5.32 Å². The van der Waals surface area contributed by atoms with E-state index in [1.165, 1.54) is 13.0 Å². The third-order valence-electron chi connectivity index (χ3n) is 6.05. The Bertz CT molecular complexity index is 1210. The Kier molecular flexibility index (Phi) is 12.1. The maximum absolute atomic E-state index is 13.9. The largest absolute Gasteiger partial charge is 0.490 e. The summed E-state index contributed by atoms with van der Waals surface area (Å²) in [5.74, 6) is -4.19. The molecule has 1 aliphatic heterocycles. The molecule has 0 bridgehead atoms. The molecule has 0 saturated carbocycles. The van der Waals surface area contributed by atoms with Crippen LogP contribution >= 0.6 is 0 Å². The zero-order valence-electron chi connectivity index (χ0n) is 22.1. The lowest BCUT2D eigenvalue weighted by molar-refractivity contribution is -0.192. The standard InChI is InChI=1S/C25H30FN3O5.C2HF3O2/c1-16(25(32)33)34-20-10-8-17(9-11-20)15-28-24(31)22-7-4-12-29(22)23(30)14-19(27)13-18-5-2-3-6-21(18)26;3-2(4,5)1(6)7/h2-3,5-6,8-11,16,19,22H,4,7,12-15,27H2,1H3,(H,28,31)(H,32,33);(H,6,7)/t16-,19?,22+;/m1./s1. The van der Waals surface area contributed by atoms with Gasteiger partial charge in [0.1, 0.15) is 17.6 Å². The molecule has 224 valence electrons. The topological polar surface area (TPSA) is 159 Å². The van der Waals surface area contributed by atoms with Gasteiger partial charge in [-0.25, -0.2) is 14.0 Å². The van der Waals surface area contributed by atoms with Crippen LogP contribution in [0.4, 0.5) is 17.6 Å². The molecule has 3 rings (SSSR count). The molecule has 0 radical (unpaired) electrons. The van der Waals surface area contributed by atoms with Crippen molar-refractivity contribution in [2.24, 2.45) is 5.73 Å². The van der Waals surface area contributed by atoms with Gasteiger partial charge in [0.2, 0.25) is 11.8 Å². The van der Waals surface area contributed by atoms with Gasteiger partial charge in [-0.2, -0.15) is 13.2 Å². The van der Waals surface area contributed by atoms with Crippen molar-refractivity contribution in [2.75, 3.05) is 6.54 Å². The first-order valence-corrected chi connectivity index (χ1v) is 12.5. The molecule has 41 heavy (non-hydrogen) atoms. The number of nitrogens with two attached hydrogens (primary N) is 1. The molecule has 2 amide bonds. The molecule has 2 aromatic carbocycles. The van der Waals surface area contributed by atoms with Crippen LogP contribution in [0.5, 0.6) is 5.75 Å². The van der Waals surface area contributed by atoms with E-state index < -0.39 is 36.3 Å². The maximum atomic E-state index is 13.9. The molecule has 10 nitrogen and oxygen atoms in total. The van der Waals surface area contributed by atoms with Gasteiger partial charge in [-0.3, -0.25) is 9.59 Å². The summed E-state index contributed by atoms with van der Waals surface area (Å²) in [6.07, 6.45) is -4.47. The number of likely N-dealkylation sites (tertiary alicyclic amines) is 1.